The number of hydrogen-bond acceptors (Lipinski definition) is 0. The summed E-state index contributed by atoms with van der Waals surface area (Å²) in [6.45, 7) is 8.36. The highest BCUT2D eigenvalue weighted by Crippen LogP contribution is 2.28. The zero-order valence-corrected chi connectivity index (χ0v) is 18.8. The van der Waals surface area contributed by atoms with Crippen molar-refractivity contribution in [3.05, 3.63) is 118 Å². The van der Waals surface area contributed by atoms with E-state index < -0.39 is 0 Å². The van der Waals surface area contributed by atoms with E-state index in [4.69, 9.17) is 0 Å². The molecular formula is C31H28. The quantitative estimate of drug-likeness (QED) is 0.313. The van der Waals surface area contributed by atoms with E-state index in [2.05, 4.69) is 93.0 Å². The minimum Gasteiger partial charge on any atom is -0.0864 e. The first-order chi connectivity index (χ1) is 15.1. The topological polar surface area (TPSA) is 0 Å². The average molecular weight is 401 g/mol. The Labute approximate surface area is 187 Å². The fourth-order valence-corrected chi connectivity index (χ4v) is 3.35. The number of aryl methyl sites for hydroxylation is 2. The summed E-state index contributed by atoms with van der Waals surface area (Å²) in [5.74, 6) is 13.5. The van der Waals surface area contributed by atoms with E-state index in [1.807, 2.05) is 43.3 Å². The summed E-state index contributed by atoms with van der Waals surface area (Å²) >= 11 is 0. The van der Waals surface area contributed by atoms with Gasteiger partial charge < -0.3 is 0 Å². The molecule has 3 aromatic rings. The molecule has 31 heavy (non-hydrogen) atoms. The second-order valence-corrected chi connectivity index (χ2v) is 7.53. The number of benzene rings is 3. The van der Waals surface area contributed by atoms with Crippen LogP contribution in [0.3, 0.4) is 0 Å². The molecule has 0 aliphatic heterocycles. The summed E-state index contributed by atoms with van der Waals surface area (Å²) in [4.78, 5) is 0. The second-order valence-electron chi connectivity index (χ2n) is 7.53. The van der Waals surface area contributed by atoms with Gasteiger partial charge in [0.05, 0.1) is 0 Å². The van der Waals surface area contributed by atoms with Crippen LogP contribution in [-0.4, -0.2) is 0 Å². The molecule has 0 radical (unpaired) electrons. The van der Waals surface area contributed by atoms with Crippen LogP contribution < -0.4 is 0 Å². The predicted molar refractivity (Wildman–Crippen MR) is 134 cm³/mol. The van der Waals surface area contributed by atoms with Crippen LogP contribution in [0.2, 0.25) is 0 Å². The number of allylic oxidation sites excluding steroid dienone is 4. The molecule has 152 valence electrons. The minimum absolute atomic E-state index is 0.964. The zero-order valence-electron chi connectivity index (χ0n) is 18.8. The maximum absolute atomic E-state index is 3.42. The molecule has 0 saturated carbocycles. The van der Waals surface area contributed by atoms with Gasteiger partial charge in [0.25, 0.3) is 0 Å². The average Bonchev–Trinajstić information content (AvgIpc) is 2.77. The van der Waals surface area contributed by atoms with Gasteiger partial charge in [-0.3, -0.25) is 0 Å². The second kappa shape index (κ2) is 10.9. The van der Waals surface area contributed by atoms with Gasteiger partial charge in [-0.1, -0.05) is 91.3 Å². The van der Waals surface area contributed by atoms with Crippen LogP contribution in [0.1, 0.15) is 48.1 Å². The van der Waals surface area contributed by atoms with E-state index in [1.54, 1.807) is 0 Å². The van der Waals surface area contributed by atoms with Crippen molar-refractivity contribution < 1.29 is 0 Å². The van der Waals surface area contributed by atoms with Crippen molar-refractivity contribution in [2.45, 2.75) is 34.1 Å². The van der Waals surface area contributed by atoms with Crippen molar-refractivity contribution in [1.29, 1.82) is 0 Å². The van der Waals surface area contributed by atoms with E-state index in [-0.39, 0.29) is 0 Å². The smallest absolute Gasteiger partial charge is 0.0330 e. The van der Waals surface area contributed by atoms with Crippen LogP contribution >= 0.6 is 0 Å². The molecule has 0 atom stereocenters. The molecule has 3 rings (SSSR count). The van der Waals surface area contributed by atoms with Crippen LogP contribution in [0.25, 0.3) is 11.1 Å². The Hall–Kier alpha value is -3.74. The Bertz CT molecular complexity index is 1230. The Morgan fingerprint density at radius 1 is 0.774 bits per heavy atom. The van der Waals surface area contributed by atoms with Crippen LogP contribution in [0, 0.1) is 37.5 Å². The van der Waals surface area contributed by atoms with E-state index in [0.29, 0.717) is 0 Å². The summed E-state index contributed by atoms with van der Waals surface area (Å²) in [5.41, 5.74) is 8.74. The molecule has 0 heteroatoms. The monoisotopic (exact) mass is 400 g/mol. The normalized spacial score (nSPS) is 10.9. The van der Waals surface area contributed by atoms with Crippen molar-refractivity contribution in [3.8, 4) is 34.8 Å². The first-order valence-electron chi connectivity index (χ1n) is 10.7. The lowest BCUT2D eigenvalue weighted by atomic mass is 9.93. The molecule has 0 bridgehead atoms. The predicted octanol–water partition coefficient (Wildman–Crippen LogP) is 7.63. The molecule has 0 fully saturated rings. The highest BCUT2D eigenvalue weighted by atomic mass is 14.1. The molecular weight excluding hydrogens is 372 g/mol. The standard InChI is InChI=1S/C31H28/c1-5-10-26(11-6-2)16-18-28-22-24(3)14-20-30(28)31-21-15-25(4)23-29(31)19-17-27-12-8-7-9-13-27/h5,7-15,20-23H,6H2,1-4H3/b10-5-,26-11+. The SMILES string of the molecule is C/C=C\C(C#Cc1cc(C)ccc1-c1ccc(C)cc1C#Cc1ccccc1)=C/CC. The van der Waals surface area contributed by atoms with Crippen LogP contribution in [0.5, 0.6) is 0 Å². The molecule has 0 N–H and O–H groups in total. The molecule has 0 aliphatic rings. The van der Waals surface area contributed by atoms with Crippen molar-refractivity contribution in [1.82, 2.24) is 0 Å². The summed E-state index contributed by atoms with van der Waals surface area (Å²) in [5, 5.41) is 0. The first-order valence-corrected chi connectivity index (χ1v) is 10.7. The molecule has 0 aromatic heterocycles. The van der Waals surface area contributed by atoms with E-state index >= 15 is 0 Å². The van der Waals surface area contributed by atoms with Crippen LogP contribution in [0.4, 0.5) is 0 Å². The number of hydrogen-bond donors (Lipinski definition) is 0. The zero-order chi connectivity index (χ0) is 22.1. The van der Waals surface area contributed by atoms with Crippen LogP contribution in [-0.2, 0) is 0 Å². The fraction of sp³-hybridized carbons (Fsp3) is 0.161. The largest absolute Gasteiger partial charge is 0.0864 e. The minimum atomic E-state index is 0.964. The van der Waals surface area contributed by atoms with Crippen molar-refractivity contribution in [2.24, 2.45) is 0 Å². The van der Waals surface area contributed by atoms with Gasteiger partial charge in [0.15, 0.2) is 0 Å². The summed E-state index contributed by atoms with van der Waals surface area (Å²) in [7, 11) is 0. The van der Waals surface area contributed by atoms with Gasteiger partial charge in [-0.25, -0.2) is 0 Å². The lowest BCUT2D eigenvalue weighted by Gasteiger charge is -2.10. The fourth-order valence-electron chi connectivity index (χ4n) is 3.35. The Morgan fingerprint density at radius 3 is 1.97 bits per heavy atom. The summed E-state index contributed by atoms with van der Waals surface area (Å²) in [6.07, 6.45) is 7.22. The molecule has 3 aromatic carbocycles. The van der Waals surface area contributed by atoms with Gasteiger partial charge in [-0.05, 0) is 73.7 Å². The summed E-state index contributed by atoms with van der Waals surface area (Å²) < 4.78 is 0. The summed E-state index contributed by atoms with van der Waals surface area (Å²) in [6, 6.07) is 23.0. The molecule has 0 saturated heterocycles. The lowest BCUT2D eigenvalue weighted by Crippen LogP contribution is -1.91. The molecule has 0 amide bonds. The Morgan fingerprint density at radius 2 is 1.39 bits per heavy atom. The van der Waals surface area contributed by atoms with Gasteiger partial charge in [-0.2, -0.15) is 0 Å². The van der Waals surface area contributed by atoms with Crippen molar-refractivity contribution >= 4 is 0 Å². The van der Waals surface area contributed by atoms with Crippen molar-refractivity contribution in [2.75, 3.05) is 0 Å². The van der Waals surface area contributed by atoms with Gasteiger partial charge in [0, 0.05) is 22.3 Å². The molecule has 0 heterocycles. The van der Waals surface area contributed by atoms with Crippen molar-refractivity contribution in [3.63, 3.8) is 0 Å². The molecule has 0 aliphatic carbocycles. The first kappa shape index (κ1) is 22.0. The van der Waals surface area contributed by atoms with E-state index in [0.717, 1.165) is 39.8 Å². The third kappa shape index (κ3) is 6.12. The highest BCUT2D eigenvalue weighted by Gasteiger charge is 2.09. The van der Waals surface area contributed by atoms with Gasteiger partial charge in [0.2, 0.25) is 0 Å². The maximum atomic E-state index is 3.42. The Kier molecular flexibility index (Phi) is 7.70. The third-order valence-corrected chi connectivity index (χ3v) is 4.87. The van der Waals surface area contributed by atoms with Gasteiger partial charge in [0.1, 0.15) is 0 Å². The molecule has 0 spiro atoms. The van der Waals surface area contributed by atoms with Gasteiger partial charge >= 0.3 is 0 Å². The number of rotatable bonds is 3. The third-order valence-electron chi connectivity index (χ3n) is 4.87. The highest BCUT2D eigenvalue weighted by molar-refractivity contribution is 5.77. The lowest BCUT2D eigenvalue weighted by molar-refractivity contribution is 1.21. The van der Waals surface area contributed by atoms with Crippen LogP contribution in [0.15, 0.2) is 90.5 Å². The van der Waals surface area contributed by atoms with E-state index in [9.17, 15) is 0 Å². The van der Waals surface area contributed by atoms with Gasteiger partial charge in [-0.15, -0.1) is 0 Å². The van der Waals surface area contributed by atoms with E-state index in [1.165, 1.54) is 11.1 Å². The molecule has 0 unspecified atom stereocenters. The maximum Gasteiger partial charge on any atom is 0.0330 e. The Balaban J connectivity index is 2.13. The molecule has 0 nitrogen and oxygen atoms in total.